The predicted octanol–water partition coefficient (Wildman–Crippen LogP) is 2.18. The second-order valence-electron chi connectivity index (χ2n) is 5.87. The predicted molar refractivity (Wildman–Crippen MR) is 89.2 cm³/mol. The number of hydrogen-bond donors (Lipinski definition) is 0. The van der Waals surface area contributed by atoms with E-state index in [1.165, 1.54) is 0 Å². The average molecular weight is 335 g/mol. The number of likely N-dealkylation sites (tertiary alicyclic amines) is 1. The van der Waals surface area contributed by atoms with E-state index in [0.717, 1.165) is 18.4 Å². The van der Waals surface area contributed by atoms with Crippen LogP contribution in [0.25, 0.3) is 0 Å². The van der Waals surface area contributed by atoms with E-state index in [1.807, 2.05) is 19.1 Å². The molecule has 1 aromatic carbocycles. The Bertz CT molecular complexity index is 587. The number of amides is 1. The first-order valence-electron chi connectivity index (χ1n) is 8.27. The van der Waals surface area contributed by atoms with Crippen molar-refractivity contribution in [2.24, 2.45) is 5.92 Å². The zero-order chi connectivity index (χ0) is 17.5. The van der Waals surface area contributed by atoms with Crippen LogP contribution < -0.4 is 9.47 Å². The van der Waals surface area contributed by atoms with Crippen LogP contribution in [0.5, 0.6) is 11.5 Å². The molecule has 0 saturated carbocycles. The SMILES string of the molecule is CCOC(=O)[C@H]1CCCN(C(=O)COc2ccc(C)cc2OC)C1. The third-order valence-corrected chi connectivity index (χ3v) is 4.06. The summed E-state index contributed by atoms with van der Waals surface area (Å²) in [6, 6.07) is 5.55. The van der Waals surface area contributed by atoms with Gasteiger partial charge in [0.15, 0.2) is 18.1 Å². The Hall–Kier alpha value is -2.24. The molecule has 1 saturated heterocycles. The Morgan fingerprint density at radius 3 is 2.79 bits per heavy atom. The van der Waals surface area contributed by atoms with E-state index < -0.39 is 0 Å². The minimum absolute atomic E-state index is 0.0744. The maximum absolute atomic E-state index is 12.4. The standard InChI is InChI=1S/C18H25NO5/c1-4-23-18(21)14-6-5-9-19(11-14)17(20)12-24-15-8-7-13(2)10-16(15)22-3/h7-8,10,14H,4-6,9,11-12H2,1-3H3/t14-/m0/s1. The number of carbonyl (C=O) groups excluding carboxylic acids is 2. The van der Waals surface area contributed by atoms with Crippen LogP contribution in [0, 0.1) is 12.8 Å². The highest BCUT2D eigenvalue weighted by molar-refractivity contribution is 5.79. The number of piperidine rings is 1. The summed E-state index contributed by atoms with van der Waals surface area (Å²) in [5.74, 6) is 0.542. The van der Waals surface area contributed by atoms with E-state index in [4.69, 9.17) is 14.2 Å². The number of aryl methyl sites for hydroxylation is 1. The molecule has 0 N–H and O–H groups in total. The van der Waals surface area contributed by atoms with Crippen molar-refractivity contribution in [3.63, 3.8) is 0 Å². The number of esters is 1. The summed E-state index contributed by atoms with van der Waals surface area (Å²) in [6.45, 7) is 5.07. The molecule has 1 fully saturated rings. The fraction of sp³-hybridized carbons (Fsp3) is 0.556. The van der Waals surface area contributed by atoms with Crippen LogP contribution in [-0.2, 0) is 14.3 Å². The van der Waals surface area contributed by atoms with Gasteiger partial charge in [-0.25, -0.2) is 0 Å². The largest absolute Gasteiger partial charge is 0.493 e. The van der Waals surface area contributed by atoms with E-state index in [2.05, 4.69) is 0 Å². The third-order valence-electron chi connectivity index (χ3n) is 4.06. The van der Waals surface area contributed by atoms with Crippen LogP contribution in [-0.4, -0.2) is 50.2 Å². The topological polar surface area (TPSA) is 65.1 Å². The van der Waals surface area contributed by atoms with Gasteiger partial charge in [-0.2, -0.15) is 0 Å². The lowest BCUT2D eigenvalue weighted by Crippen LogP contribution is -2.44. The molecule has 24 heavy (non-hydrogen) atoms. The highest BCUT2D eigenvalue weighted by atomic mass is 16.5. The van der Waals surface area contributed by atoms with E-state index >= 15 is 0 Å². The first-order valence-corrected chi connectivity index (χ1v) is 8.27. The highest BCUT2D eigenvalue weighted by Gasteiger charge is 2.29. The molecule has 0 unspecified atom stereocenters. The molecule has 0 spiro atoms. The van der Waals surface area contributed by atoms with Gasteiger partial charge in [0.25, 0.3) is 5.91 Å². The molecule has 0 radical (unpaired) electrons. The smallest absolute Gasteiger partial charge is 0.310 e. The van der Waals surface area contributed by atoms with Gasteiger partial charge in [-0.1, -0.05) is 6.07 Å². The van der Waals surface area contributed by atoms with Gasteiger partial charge in [0.05, 0.1) is 19.6 Å². The lowest BCUT2D eigenvalue weighted by Gasteiger charge is -2.31. The zero-order valence-corrected chi connectivity index (χ0v) is 14.5. The van der Waals surface area contributed by atoms with Crippen LogP contribution >= 0.6 is 0 Å². The average Bonchev–Trinajstić information content (AvgIpc) is 2.60. The van der Waals surface area contributed by atoms with Crippen molar-refractivity contribution in [1.82, 2.24) is 4.90 Å². The van der Waals surface area contributed by atoms with Gasteiger partial charge in [0, 0.05) is 13.1 Å². The van der Waals surface area contributed by atoms with E-state index in [1.54, 1.807) is 25.0 Å². The summed E-state index contributed by atoms with van der Waals surface area (Å²) in [5, 5.41) is 0. The maximum atomic E-state index is 12.4. The molecule has 2 rings (SSSR count). The Morgan fingerprint density at radius 2 is 2.08 bits per heavy atom. The fourth-order valence-electron chi connectivity index (χ4n) is 2.78. The normalized spacial score (nSPS) is 17.3. The molecular weight excluding hydrogens is 310 g/mol. The number of methoxy groups -OCH3 is 1. The molecule has 1 heterocycles. The van der Waals surface area contributed by atoms with Crippen LogP contribution in [0.4, 0.5) is 0 Å². The highest BCUT2D eigenvalue weighted by Crippen LogP contribution is 2.28. The zero-order valence-electron chi connectivity index (χ0n) is 14.5. The third kappa shape index (κ3) is 4.63. The quantitative estimate of drug-likeness (QED) is 0.746. The molecule has 1 aliphatic heterocycles. The van der Waals surface area contributed by atoms with Crippen LogP contribution in [0.15, 0.2) is 18.2 Å². The molecule has 0 aliphatic carbocycles. The number of rotatable bonds is 6. The summed E-state index contributed by atoms with van der Waals surface area (Å²) >= 11 is 0. The van der Waals surface area contributed by atoms with Gasteiger partial charge in [0.2, 0.25) is 0 Å². The molecule has 0 bridgehead atoms. The summed E-state index contributed by atoms with van der Waals surface area (Å²) in [7, 11) is 1.57. The number of nitrogens with zero attached hydrogens (tertiary/aromatic N) is 1. The van der Waals surface area contributed by atoms with E-state index in [-0.39, 0.29) is 24.4 Å². The molecule has 1 atom stereocenters. The minimum Gasteiger partial charge on any atom is -0.493 e. The lowest BCUT2D eigenvalue weighted by atomic mass is 9.98. The van der Waals surface area contributed by atoms with Crippen molar-refractivity contribution in [2.75, 3.05) is 33.4 Å². The second kappa shape index (κ2) is 8.57. The van der Waals surface area contributed by atoms with E-state index in [9.17, 15) is 9.59 Å². The van der Waals surface area contributed by atoms with Crippen molar-refractivity contribution in [3.05, 3.63) is 23.8 Å². The molecule has 132 valence electrons. The van der Waals surface area contributed by atoms with Gasteiger partial charge in [-0.3, -0.25) is 9.59 Å². The monoisotopic (exact) mass is 335 g/mol. The lowest BCUT2D eigenvalue weighted by molar-refractivity contribution is -0.151. The Balaban J connectivity index is 1.91. The molecule has 6 nitrogen and oxygen atoms in total. The summed E-state index contributed by atoms with van der Waals surface area (Å²) in [4.78, 5) is 25.9. The van der Waals surface area contributed by atoms with Crippen LogP contribution in [0.1, 0.15) is 25.3 Å². The molecule has 0 aromatic heterocycles. The van der Waals surface area contributed by atoms with Gasteiger partial charge in [0.1, 0.15) is 0 Å². The van der Waals surface area contributed by atoms with E-state index in [0.29, 0.717) is 31.2 Å². The first-order chi connectivity index (χ1) is 11.5. The maximum Gasteiger partial charge on any atom is 0.310 e. The Kier molecular flexibility index (Phi) is 6.46. The minimum atomic E-state index is -0.239. The molecular formula is C18H25NO5. The molecule has 1 aromatic rings. The Labute approximate surface area is 142 Å². The van der Waals surface area contributed by atoms with Gasteiger partial charge in [-0.05, 0) is 44.4 Å². The summed E-state index contributed by atoms with van der Waals surface area (Å²) in [6.07, 6.45) is 1.55. The van der Waals surface area contributed by atoms with Crippen molar-refractivity contribution in [2.45, 2.75) is 26.7 Å². The van der Waals surface area contributed by atoms with Crippen molar-refractivity contribution < 1.29 is 23.8 Å². The van der Waals surface area contributed by atoms with Gasteiger partial charge >= 0.3 is 5.97 Å². The Morgan fingerprint density at radius 1 is 1.29 bits per heavy atom. The van der Waals surface area contributed by atoms with Crippen LogP contribution in [0.3, 0.4) is 0 Å². The first kappa shape index (κ1) is 18.1. The summed E-state index contributed by atoms with van der Waals surface area (Å²) in [5.41, 5.74) is 1.05. The van der Waals surface area contributed by atoms with Gasteiger partial charge in [-0.15, -0.1) is 0 Å². The second-order valence-corrected chi connectivity index (χ2v) is 5.87. The fourth-order valence-corrected chi connectivity index (χ4v) is 2.78. The number of carbonyl (C=O) groups is 2. The molecule has 1 amide bonds. The van der Waals surface area contributed by atoms with Crippen molar-refractivity contribution >= 4 is 11.9 Å². The number of ether oxygens (including phenoxy) is 3. The number of benzene rings is 1. The van der Waals surface area contributed by atoms with Gasteiger partial charge < -0.3 is 19.1 Å². The van der Waals surface area contributed by atoms with Crippen molar-refractivity contribution in [1.29, 1.82) is 0 Å². The van der Waals surface area contributed by atoms with Crippen LogP contribution in [0.2, 0.25) is 0 Å². The van der Waals surface area contributed by atoms with Crippen molar-refractivity contribution in [3.8, 4) is 11.5 Å². The number of hydrogen-bond acceptors (Lipinski definition) is 5. The summed E-state index contributed by atoms with van der Waals surface area (Å²) < 4.78 is 15.9. The molecule has 6 heteroatoms. The molecule has 1 aliphatic rings.